The van der Waals surface area contributed by atoms with Gasteiger partial charge in [-0.25, -0.2) is 4.79 Å². The maximum absolute atomic E-state index is 11.5. The Bertz CT molecular complexity index is 473. The van der Waals surface area contributed by atoms with Crippen molar-refractivity contribution >= 4 is 5.97 Å². The largest absolute Gasteiger partial charge is 0.423 e. The van der Waals surface area contributed by atoms with Crippen LogP contribution in [0.2, 0.25) is 0 Å². The van der Waals surface area contributed by atoms with Crippen LogP contribution in [0.25, 0.3) is 0 Å². The Hall–Kier alpha value is -1.81. The molecule has 102 valence electrons. The zero-order valence-corrected chi connectivity index (χ0v) is 11.3. The summed E-state index contributed by atoms with van der Waals surface area (Å²) >= 11 is 0. The van der Waals surface area contributed by atoms with Gasteiger partial charge in [-0.1, -0.05) is 12.1 Å². The molecular weight excluding hydrogens is 240 g/mol. The average molecular weight is 260 g/mol. The first kappa shape index (κ1) is 13.6. The van der Waals surface area contributed by atoms with Gasteiger partial charge in [0.2, 0.25) is 0 Å². The van der Waals surface area contributed by atoms with Crippen molar-refractivity contribution in [1.29, 1.82) is 0 Å². The Morgan fingerprint density at radius 2 is 2.16 bits per heavy atom. The third-order valence-electron chi connectivity index (χ3n) is 3.07. The van der Waals surface area contributed by atoms with Gasteiger partial charge in [0.05, 0.1) is 0 Å². The lowest BCUT2D eigenvalue weighted by Crippen LogP contribution is -2.18. The Morgan fingerprint density at radius 1 is 1.42 bits per heavy atom. The highest BCUT2D eigenvalue weighted by Crippen LogP contribution is 2.17. The molecule has 1 fully saturated rings. The van der Waals surface area contributed by atoms with E-state index in [1.165, 1.54) is 24.5 Å². The first-order valence-corrected chi connectivity index (χ1v) is 6.60. The number of carbonyl (C=O) groups is 1. The molecule has 1 aliphatic heterocycles. The van der Waals surface area contributed by atoms with Gasteiger partial charge in [-0.05, 0) is 50.6 Å². The molecule has 2 N–H and O–H groups in total. The average Bonchev–Trinajstić information content (AvgIpc) is 2.81. The maximum Gasteiger partial charge on any atom is 0.337 e. The fourth-order valence-electron chi connectivity index (χ4n) is 2.24. The summed E-state index contributed by atoms with van der Waals surface area (Å²) in [5, 5.41) is 0. The van der Waals surface area contributed by atoms with Gasteiger partial charge in [-0.15, -0.1) is 0 Å². The van der Waals surface area contributed by atoms with Crippen molar-refractivity contribution in [3.63, 3.8) is 0 Å². The fraction of sp³-hybridized carbons (Fsp3) is 0.400. The van der Waals surface area contributed by atoms with Crippen LogP contribution in [0, 0.1) is 0 Å². The molecule has 1 heterocycles. The molecular formula is C15H20N2O2. The number of carbonyl (C=O) groups excluding carboxylic acids is 1. The van der Waals surface area contributed by atoms with E-state index in [0.717, 1.165) is 19.6 Å². The SMILES string of the molecule is C/C(N)=C/C(=O)Oc1cccc(CN2CCCC2)c1. The van der Waals surface area contributed by atoms with Gasteiger partial charge in [-0.3, -0.25) is 4.90 Å². The van der Waals surface area contributed by atoms with Crippen LogP contribution in [0.15, 0.2) is 36.0 Å². The van der Waals surface area contributed by atoms with Gasteiger partial charge in [0.15, 0.2) is 0 Å². The molecule has 0 amide bonds. The lowest BCUT2D eigenvalue weighted by atomic mass is 10.2. The number of likely N-dealkylation sites (tertiary alicyclic amines) is 1. The molecule has 1 aliphatic rings. The molecule has 0 aliphatic carbocycles. The molecule has 0 aromatic heterocycles. The van der Waals surface area contributed by atoms with Gasteiger partial charge >= 0.3 is 5.97 Å². The summed E-state index contributed by atoms with van der Waals surface area (Å²) in [4.78, 5) is 13.9. The predicted molar refractivity (Wildman–Crippen MR) is 74.5 cm³/mol. The van der Waals surface area contributed by atoms with Gasteiger partial charge < -0.3 is 10.5 Å². The Labute approximate surface area is 113 Å². The van der Waals surface area contributed by atoms with Gasteiger partial charge in [0.1, 0.15) is 5.75 Å². The number of rotatable bonds is 4. The Balaban J connectivity index is 1.98. The first-order chi connectivity index (χ1) is 9.13. The molecule has 1 saturated heterocycles. The summed E-state index contributed by atoms with van der Waals surface area (Å²) in [6.45, 7) is 4.88. The summed E-state index contributed by atoms with van der Waals surface area (Å²) in [5.41, 5.74) is 7.05. The summed E-state index contributed by atoms with van der Waals surface area (Å²) in [6, 6.07) is 7.66. The predicted octanol–water partition coefficient (Wildman–Crippen LogP) is 2.05. The summed E-state index contributed by atoms with van der Waals surface area (Å²) in [7, 11) is 0. The van der Waals surface area contributed by atoms with Crippen LogP contribution in [0.5, 0.6) is 5.75 Å². The Kier molecular flexibility index (Phi) is 4.58. The van der Waals surface area contributed by atoms with Crippen LogP contribution >= 0.6 is 0 Å². The summed E-state index contributed by atoms with van der Waals surface area (Å²) in [5.74, 6) is 0.137. The van der Waals surface area contributed by atoms with Crippen LogP contribution in [0.1, 0.15) is 25.3 Å². The summed E-state index contributed by atoms with van der Waals surface area (Å²) < 4.78 is 5.22. The van der Waals surface area contributed by atoms with Crippen LogP contribution in [-0.4, -0.2) is 24.0 Å². The van der Waals surface area contributed by atoms with Crippen LogP contribution in [0.4, 0.5) is 0 Å². The van der Waals surface area contributed by atoms with Crippen molar-refractivity contribution in [3.8, 4) is 5.75 Å². The van der Waals surface area contributed by atoms with Crippen LogP contribution in [-0.2, 0) is 11.3 Å². The standard InChI is InChI=1S/C15H20N2O2/c1-12(16)9-15(18)19-14-6-4-5-13(10-14)11-17-7-2-3-8-17/h4-6,9-10H,2-3,7-8,11,16H2,1H3/b12-9-. The minimum absolute atomic E-state index is 0.432. The van der Waals surface area contributed by atoms with E-state index in [9.17, 15) is 4.79 Å². The molecule has 19 heavy (non-hydrogen) atoms. The highest BCUT2D eigenvalue weighted by Gasteiger charge is 2.12. The second-order valence-corrected chi connectivity index (χ2v) is 4.94. The van der Waals surface area contributed by atoms with E-state index in [1.54, 1.807) is 13.0 Å². The number of hydrogen-bond donors (Lipinski definition) is 1. The Morgan fingerprint density at radius 3 is 2.84 bits per heavy atom. The molecule has 4 nitrogen and oxygen atoms in total. The number of allylic oxidation sites excluding steroid dienone is 1. The normalized spacial score (nSPS) is 16.6. The van der Waals surface area contributed by atoms with Crippen molar-refractivity contribution in [2.24, 2.45) is 5.73 Å². The topological polar surface area (TPSA) is 55.6 Å². The zero-order valence-electron chi connectivity index (χ0n) is 11.3. The van der Waals surface area contributed by atoms with E-state index < -0.39 is 5.97 Å². The quantitative estimate of drug-likeness (QED) is 0.511. The third kappa shape index (κ3) is 4.41. The number of benzene rings is 1. The van der Waals surface area contributed by atoms with E-state index >= 15 is 0 Å². The van der Waals surface area contributed by atoms with Gasteiger partial charge in [-0.2, -0.15) is 0 Å². The molecule has 4 heteroatoms. The molecule has 1 aromatic carbocycles. The van der Waals surface area contributed by atoms with Gasteiger partial charge in [0.25, 0.3) is 0 Å². The lowest BCUT2D eigenvalue weighted by Gasteiger charge is -2.14. The smallest absolute Gasteiger partial charge is 0.337 e. The third-order valence-corrected chi connectivity index (χ3v) is 3.07. The van der Waals surface area contributed by atoms with E-state index in [1.807, 2.05) is 12.1 Å². The number of hydrogen-bond acceptors (Lipinski definition) is 4. The van der Waals surface area contributed by atoms with E-state index in [2.05, 4.69) is 11.0 Å². The van der Waals surface area contributed by atoms with Gasteiger partial charge in [0, 0.05) is 18.3 Å². The molecule has 0 bridgehead atoms. The van der Waals surface area contributed by atoms with Crippen LogP contribution < -0.4 is 10.5 Å². The molecule has 0 saturated carbocycles. The minimum Gasteiger partial charge on any atom is -0.423 e. The van der Waals surface area contributed by atoms with Crippen molar-refractivity contribution in [3.05, 3.63) is 41.6 Å². The maximum atomic E-state index is 11.5. The zero-order chi connectivity index (χ0) is 13.7. The number of ether oxygens (including phenoxy) is 1. The molecule has 0 atom stereocenters. The number of nitrogens with two attached hydrogens (primary N) is 1. The van der Waals surface area contributed by atoms with E-state index in [0.29, 0.717) is 11.4 Å². The second kappa shape index (κ2) is 6.38. The minimum atomic E-state index is -0.432. The molecule has 0 unspecified atom stereocenters. The highest BCUT2D eigenvalue weighted by atomic mass is 16.5. The van der Waals surface area contributed by atoms with Crippen molar-refractivity contribution < 1.29 is 9.53 Å². The number of nitrogens with zero attached hydrogens (tertiary/aromatic N) is 1. The molecule has 0 spiro atoms. The fourth-order valence-corrected chi connectivity index (χ4v) is 2.24. The van der Waals surface area contributed by atoms with E-state index in [-0.39, 0.29) is 0 Å². The van der Waals surface area contributed by atoms with Crippen LogP contribution in [0.3, 0.4) is 0 Å². The first-order valence-electron chi connectivity index (χ1n) is 6.60. The van der Waals surface area contributed by atoms with Crippen molar-refractivity contribution in [2.45, 2.75) is 26.3 Å². The van der Waals surface area contributed by atoms with Crippen molar-refractivity contribution in [1.82, 2.24) is 4.90 Å². The molecule has 2 rings (SSSR count). The summed E-state index contributed by atoms with van der Waals surface area (Å²) in [6.07, 6.45) is 3.83. The second-order valence-electron chi connectivity index (χ2n) is 4.94. The molecule has 1 aromatic rings. The molecule has 0 radical (unpaired) electrons. The highest BCUT2D eigenvalue weighted by molar-refractivity contribution is 5.84. The lowest BCUT2D eigenvalue weighted by molar-refractivity contribution is -0.129. The number of esters is 1. The monoisotopic (exact) mass is 260 g/mol. The van der Waals surface area contributed by atoms with Crippen molar-refractivity contribution in [2.75, 3.05) is 13.1 Å². The van der Waals surface area contributed by atoms with E-state index in [4.69, 9.17) is 10.5 Å².